The number of halogens is 1. The molecule has 1 aromatic heterocycles. The molecular formula is C7H9FN2O2. The normalized spacial score (nSPS) is 11.6. The summed E-state index contributed by atoms with van der Waals surface area (Å²) in [5.74, 6) is -1.18. The highest BCUT2D eigenvalue weighted by Gasteiger charge is 2.27. The molecule has 0 saturated heterocycles. The van der Waals surface area contributed by atoms with Crippen molar-refractivity contribution in [1.82, 2.24) is 10.2 Å². The number of hydrogen-bond donors (Lipinski definition) is 2. The van der Waals surface area contributed by atoms with E-state index in [1.54, 1.807) is 0 Å². The van der Waals surface area contributed by atoms with Gasteiger partial charge in [-0.15, -0.1) is 0 Å². The number of carbonyl (C=O) groups is 1. The van der Waals surface area contributed by atoms with Gasteiger partial charge in [-0.2, -0.15) is 5.10 Å². The number of aromatic nitrogens is 2. The third-order valence-electron chi connectivity index (χ3n) is 1.46. The van der Waals surface area contributed by atoms with Gasteiger partial charge in [-0.25, -0.2) is 9.18 Å². The summed E-state index contributed by atoms with van der Waals surface area (Å²) in [6.45, 7) is 2.54. The molecule has 0 amide bonds. The van der Waals surface area contributed by atoms with Gasteiger partial charge in [0.25, 0.3) is 0 Å². The zero-order chi connectivity index (χ0) is 9.35. The summed E-state index contributed by atoms with van der Waals surface area (Å²) in [6, 6.07) is 0. The molecule has 0 aromatic carbocycles. The summed E-state index contributed by atoms with van der Waals surface area (Å²) in [7, 11) is 0. The van der Waals surface area contributed by atoms with Gasteiger partial charge in [-0.05, 0) is 13.8 Å². The Morgan fingerprint density at radius 2 is 2.33 bits per heavy atom. The van der Waals surface area contributed by atoms with Crippen LogP contribution < -0.4 is 0 Å². The second-order valence-electron chi connectivity index (χ2n) is 2.94. The van der Waals surface area contributed by atoms with Gasteiger partial charge in [0.1, 0.15) is 11.2 Å². The van der Waals surface area contributed by atoms with Crippen LogP contribution in [0.1, 0.15) is 29.9 Å². The lowest BCUT2D eigenvalue weighted by Crippen LogP contribution is -2.14. The van der Waals surface area contributed by atoms with Gasteiger partial charge >= 0.3 is 5.97 Å². The van der Waals surface area contributed by atoms with E-state index in [2.05, 4.69) is 10.2 Å². The first-order chi connectivity index (χ1) is 5.43. The van der Waals surface area contributed by atoms with Gasteiger partial charge in [0.2, 0.25) is 0 Å². The van der Waals surface area contributed by atoms with Gasteiger partial charge in [0, 0.05) is 0 Å². The molecule has 1 rings (SSSR count). The molecule has 1 aromatic rings. The highest BCUT2D eigenvalue weighted by Crippen LogP contribution is 2.25. The molecule has 12 heavy (non-hydrogen) atoms. The first-order valence-electron chi connectivity index (χ1n) is 3.39. The molecule has 0 bridgehead atoms. The van der Waals surface area contributed by atoms with Crippen LogP contribution in [0.4, 0.5) is 4.39 Å². The van der Waals surface area contributed by atoms with E-state index in [-0.39, 0.29) is 11.3 Å². The van der Waals surface area contributed by atoms with E-state index in [1.165, 1.54) is 13.8 Å². The van der Waals surface area contributed by atoms with Crippen LogP contribution in [0.5, 0.6) is 0 Å². The van der Waals surface area contributed by atoms with Crippen LogP contribution >= 0.6 is 0 Å². The Morgan fingerprint density at radius 3 is 2.67 bits per heavy atom. The minimum absolute atomic E-state index is 0.00463. The standard InChI is InChI=1S/C7H9FN2O2/c1-7(2,8)5-4(6(11)12)3-9-10-5/h3H,1-2H3,(H,9,10)(H,11,12). The monoisotopic (exact) mass is 172 g/mol. The SMILES string of the molecule is CC(C)(F)c1[nH]ncc1C(=O)O. The average molecular weight is 172 g/mol. The van der Waals surface area contributed by atoms with E-state index in [0.29, 0.717) is 0 Å². The Bertz CT molecular complexity index is 301. The smallest absolute Gasteiger partial charge is 0.339 e. The lowest BCUT2D eigenvalue weighted by molar-refractivity contribution is 0.0689. The number of nitrogens with zero attached hydrogens (tertiary/aromatic N) is 1. The van der Waals surface area contributed by atoms with E-state index in [4.69, 9.17) is 5.11 Å². The van der Waals surface area contributed by atoms with E-state index < -0.39 is 11.6 Å². The maximum atomic E-state index is 13.2. The zero-order valence-electron chi connectivity index (χ0n) is 6.76. The third kappa shape index (κ3) is 1.44. The van der Waals surface area contributed by atoms with Crippen molar-refractivity contribution in [2.24, 2.45) is 0 Å². The van der Waals surface area contributed by atoms with E-state index in [0.717, 1.165) is 6.20 Å². The second-order valence-corrected chi connectivity index (χ2v) is 2.94. The van der Waals surface area contributed by atoms with Crippen LogP contribution in [-0.4, -0.2) is 21.3 Å². The molecule has 0 radical (unpaired) electrons. The number of aromatic amines is 1. The molecule has 2 N–H and O–H groups in total. The molecule has 0 spiro atoms. The molecule has 0 saturated carbocycles. The number of carboxylic acid groups (broad SMARTS) is 1. The van der Waals surface area contributed by atoms with Crippen molar-refractivity contribution in [3.8, 4) is 0 Å². The fourth-order valence-electron chi connectivity index (χ4n) is 0.901. The predicted molar refractivity (Wildman–Crippen MR) is 39.7 cm³/mol. The highest BCUT2D eigenvalue weighted by atomic mass is 19.1. The molecule has 0 aliphatic carbocycles. The lowest BCUT2D eigenvalue weighted by atomic mass is 10.0. The van der Waals surface area contributed by atoms with Crippen molar-refractivity contribution in [2.45, 2.75) is 19.5 Å². The highest BCUT2D eigenvalue weighted by molar-refractivity contribution is 5.88. The van der Waals surface area contributed by atoms with Crippen LogP contribution in [0.2, 0.25) is 0 Å². The fraction of sp³-hybridized carbons (Fsp3) is 0.429. The number of nitrogens with one attached hydrogen (secondary N) is 1. The molecule has 5 heteroatoms. The second kappa shape index (κ2) is 2.58. The van der Waals surface area contributed by atoms with E-state index in [9.17, 15) is 9.18 Å². The zero-order valence-corrected chi connectivity index (χ0v) is 6.76. The van der Waals surface area contributed by atoms with Crippen LogP contribution in [0.25, 0.3) is 0 Å². The van der Waals surface area contributed by atoms with Crippen LogP contribution in [0.15, 0.2) is 6.20 Å². The topological polar surface area (TPSA) is 66.0 Å². The summed E-state index contributed by atoms with van der Waals surface area (Å²) >= 11 is 0. The summed E-state index contributed by atoms with van der Waals surface area (Å²) in [5, 5.41) is 14.4. The third-order valence-corrected chi connectivity index (χ3v) is 1.46. The van der Waals surface area contributed by atoms with Crippen molar-refractivity contribution in [3.63, 3.8) is 0 Å². The fourth-order valence-corrected chi connectivity index (χ4v) is 0.901. The number of alkyl halides is 1. The first-order valence-corrected chi connectivity index (χ1v) is 3.39. The van der Waals surface area contributed by atoms with Crippen molar-refractivity contribution < 1.29 is 14.3 Å². The Kier molecular flexibility index (Phi) is 1.87. The summed E-state index contributed by atoms with van der Waals surface area (Å²) in [6.07, 6.45) is 1.10. The minimum atomic E-state index is -1.70. The van der Waals surface area contributed by atoms with Gasteiger partial charge < -0.3 is 5.11 Å². The summed E-state index contributed by atoms with van der Waals surface area (Å²) in [4.78, 5) is 10.5. The average Bonchev–Trinajstić information content (AvgIpc) is 2.30. The number of rotatable bonds is 2. The molecule has 0 unspecified atom stereocenters. The van der Waals surface area contributed by atoms with Crippen LogP contribution in [0, 0.1) is 0 Å². The molecule has 1 heterocycles. The molecule has 0 fully saturated rings. The van der Waals surface area contributed by atoms with Crippen molar-refractivity contribution >= 4 is 5.97 Å². The van der Waals surface area contributed by atoms with Crippen molar-refractivity contribution in [2.75, 3.05) is 0 Å². The van der Waals surface area contributed by atoms with Gasteiger partial charge in [0.05, 0.1) is 11.9 Å². The van der Waals surface area contributed by atoms with Gasteiger partial charge in [-0.1, -0.05) is 0 Å². The Hall–Kier alpha value is -1.39. The molecule has 0 aliphatic heterocycles. The predicted octanol–water partition coefficient (Wildman–Crippen LogP) is 1.31. The Labute approximate surface area is 68.4 Å². The molecule has 66 valence electrons. The Morgan fingerprint density at radius 1 is 1.75 bits per heavy atom. The summed E-state index contributed by atoms with van der Waals surface area (Å²) in [5.41, 5.74) is -1.83. The lowest BCUT2D eigenvalue weighted by Gasteiger charge is -2.11. The number of carboxylic acids is 1. The van der Waals surface area contributed by atoms with Crippen molar-refractivity contribution in [1.29, 1.82) is 0 Å². The minimum Gasteiger partial charge on any atom is -0.478 e. The van der Waals surface area contributed by atoms with E-state index >= 15 is 0 Å². The van der Waals surface area contributed by atoms with Gasteiger partial charge in [0.15, 0.2) is 0 Å². The first kappa shape index (κ1) is 8.70. The molecule has 4 nitrogen and oxygen atoms in total. The maximum Gasteiger partial charge on any atom is 0.339 e. The molecule has 0 atom stereocenters. The molecular weight excluding hydrogens is 163 g/mol. The van der Waals surface area contributed by atoms with E-state index in [1.807, 2.05) is 0 Å². The molecule has 0 aliphatic rings. The van der Waals surface area contributed by atoms with Gasteiger partial charge in [-0.3, -0.25) is 5.10 Å². The number of aromatic carboxylic acids is 1. The number of hydrogen-bond acceptors (Lipinski definition) is 2. The summed E-state index contributed by atoms with van der Waals surface area (Å²) < 4.78 is 13.2. The Balaban J connectivity index is 3.17. The number of H-pyrrole nitrogens is 1. The van der Waals surface area contributed by atoms with Crippen LogP contribution in [0.3, 0.4) is 0 Å². The van der Waals surface area contributed by atoms with Crippen molar-refractivity contribution in [3.05, 3.63) is 17.5 Å². The maximum absolute atomic E-state index is 13.2. The quantitative estimate of drug-likeness (QED) is 0.706. The largest absolute Gasteiger partial charge is 0.478 e. The van der Waals surface area contributed by atoms with Crippen LogP contribution in [-0.2, 0) is 5.67 Å².